The summed E-state index contributed by atoms with van der Waals surface area (Å²) in [6.07, 6.45) is 12.8. The normalized spacial score (nSPS) is 23.8. The molecule has 1 aliphatic carbocycles. The molecule has 3 heterocycles. The summed E-state index contributed by atoms with van der Waals surface area (Å²) < 4.78 is 8.01. The van der Waals surface area contributed by atoms with Crippen molar-refractivity contribution in [2.24, 2.45) is 13.0 Å². The minimum absolute atomic E-state index is 0.141. The number of hydrogen-bond acceptors (Lipinski definition) is 4. The lowest BCUT2D eigenvalue weighted by Gasteiger charge is -2.43. The zero-order chi connectivity index (χ0) is 20.3. The second kappa shape index (κ2) is 8.86. The molecule has 3 fully saturated rings. The van der Waals surface area contributed by atoms with E-state index in [0.717, 1.165) is 44.3 Å². The van der Waals surface area contributed by atoms with Crippen LogP contribution in [0.1, 0.15) is 63.4 Å². The molecule has 0 N–H and O–H groups in total. The van der Waals surface area contributed by atoms with Gasteiger partial charge in [0, 0.05) is 44.4 Å². The number of piperidine rings is 1. The van der Waals surface area contributed by atoms with Crippen molar-refractivity contribution in [2.75, 3.05) is 26.2 Å². The average Bonchev–Trinajstić information content (AvgIpc) is 2.90. The van der Waals surface area contributed by atoms with Gasteiger partial charge in [-0.15, -0.1) is 0 Å². The smallest absolute Gasteiger partial charge is 0.225 e. The molecule has 0 bridgehead atoms. The largest absolute Gasteiger partial charge is 0.372 e. The topological polar surface area (TPSA) is 67.7 Å². The van der Waals surface area contributed by atoms with E-state index in [1.54, 1.807) is 4.68 Å². The standard InChI is InChI=1S/C22H34N4O3/c1-24-15-18(14-23-24)16-26-17-22(29-13-8-20(26)27)9-11-25(12-10-22)21(28)19-6-4-2-3-5-7-19/h14-15,19H,2-13,16-17H2,1H3. The first kappa shape index (κ1) is 20.4. The van der Waals surface area contributed by atoms with Crippen LogP contribution in [-0.4, -0.2) is 63.2 Å². The highest BCUT2D eigenvalue weighted by Crippen LogP contribution is 2.33. The molecule has 1 aromatic rings. The number of carbonyl (C=O) groups excluding carboxylic acids is 2. The summed E-state index contributed by atoms with van der Waals surface area (Å²) in [5.74, 6) is 0.701. The van der Waals surface area contributed by atoms with Gasteiger partial charge in [-0.05, 0) is 25.7 Å². The van der Waals surface area contributed by atoms with Crippen LogP contribution in [-0.2, 0) is 27.9 Å². The molecule has 0 radical (unpaired) electrons. The number of nitrogens with zero attached hydrogens (tertiary/aromatic N) is 4. The van der Waals surface area contributed by atoms with Gasteiger partial charge >= 0.3 is 0 Å². The number of hydrogen-bond donors (Lipinski definition) is 0. The zero-order valence-electron chi connectivity index (χ0n) is 17.6. The maximum Gasteiger partial charge on any atom is 0.225 e. The third-order valence-corrected chi connectivity index (χ3v) is 6.88. The third-order valence-electron chi connectivity index (χ3n) is 6.88. The van der Waals surface area contributed by atoms with Crippen molar-refractivity contribution >= 4 is 11.8 Å². The molecular weight excluding hydrogens is 368 g/mol. The molecule has 29 heavy (non-hydrogen) atoms. The Bertz CT molecular complexity index is 715. The summed E-state index contributed by atoms with van der Waals surface area (Å²) in [7, 11) is 1.89. The summed E-state index contributed by atoms with van der Waals surface area (Å²) in [5.41, 5.74) is 0.716. The molecule has 1 aromatic heterocycles. The SMILES string of the molecule is Cn1cc(CN2CC3(CCN(C(=O)C4CCCCCC4)CC3)OCCC2=O)cn1. The summed E-state index contributed by atoms with van der Waals surface area (Å²) in [4.78, 5) is 29.6. The number of likely N-dealkylation sites (tertiary alicyclic amines) is 1. The fourth-order valence-electron chi connectivity index (χ4n) is 5.13. The lowest BCUT2D eigenvalue weighted by Crippen LogP contribution is -2.53. The Morgan fingerprint density at radius 2 is 1.93 bits per heavy atom. The summed E-state index contributed by atoms with van der Waals surface area (Å²) in [5, 5.41) is 4.22. The number of rotatable bonds is 3. The molecule has 0 aromatic carbocycles. The van der Waals surface area contributed by atoms with Crippen LogP contribution >= 0.6 is 0 Å². The predicted molar refractivity (Wildman–Crippen MR) is 109 cm³/mol. The molecule has 160 valence electrons. The van der Waals surface area contributed by atoms with Crippen LogP contribution in [0.2, 0.25) is 0 Å². The first-order valence-electron chi connectivity index (χ1n) is 11.2. The Kier molecular flexibility index (Phi) is 6.23. The highest BCUT2D eigenvalue weighted by Gasteiger charge is 2.42. The van der Waals surface area contributed by atoms with Crippen LogP contribution in [0.15, 0.2) is 12.4 Å². The van der Waals surface area contributed by atoms with Crippen molar-refractivity contribution in [3.63, 3.8) is 0 Å². The van der Waals surface area contributed by atoms with Gasteiger partial charge in [0.15, 0.2) is 0 Å². The van der Waals surface area contributed by atoms with Gasteiger partial charge in [-0.25, -0.2) is 0 Å². The van der Waals surface area contributed by atoms with Crippen molar-refractivity contribution in [3.8, 4) is 0 Å². The molecule has 0 unspecified atom stereocenters. The van der Waals surface area contributed by atoms with E-state index >= 15 is 0 Å². The van der Waals surface area contributed by atoms with Crippen LogP contribution in [0.3, 0.4) is 0 Å². The van der Waals surface area contributed by atoms with E-state index in [4.69, 9.17) is 4.74 Å². The number of carbonyl (C=O) groups is 2. The monoisotopic (exact) mass is 402 g/mol. The van der Waals surface area contributed by atoms with Gasteiger partial charge in [0.1, 0.15) is 0 Å². The highest BCUT2D eigenvalue weighted by atomic mass is 16.5. The summed E-state index contributed by atoms with van der Waals surface area (Å²) in [6, 6.07) is 0. The van der Waals surface area contributed by atoms with E-state index in [2.05, 4.69) is 10.00 Å². The van der Waals surface area contributed by atoms with E-state index in [0.29, 0.717) is 32.0 Å². The lowest BCUT2D eigenvalue weighted by atomic mass is 9.89. The Labute approximate surface area is 173 Å². The molecular formula is C22H34N4O3. The molecule has 1 spiro atoms. The quantitative estimate of drug-likeness (QED) is 0.729. The Hall–Kier alpha value is -1.89. The molecule has 1 saturated carbocycles. The van der Waals surface area contributed by atoms with E-state index in [9.17, 15) is 9.59 Å². The van der Waals surface area contributed by atoms with Gasteiger partial charge in [0.2, 0.25) is 11.8 Å². The van der Waals surface area contributed by atoms with Crippen molar-refractivity contribution in [3.05, 3.63) is 18.0 Å². The third kappa shape index (κ3) is 4.82. The van der Waals surface area contributed by atoms with Crippen molar-refractivity contribution in [1.82, 2.24) is 19.6 Å². The van der Waals surface area contributed by atoms with E-state index in [1.165, 1.54) is 25.7 Å². The second-order valence-electron chi connectivity index (χ2n) is 9.07. The number of ether oxygens (including phenoxy) is 1. The highest BCUT2D eigenvalue weighted by molar-refractivity contribution is 5.79. The molecule has 7 heteroatoms. The average molecular weight is 403 g/mol. The van der Waals surface area contributed by atoms with Gasteiger partial charge in [-0.3, -0.25) is 14.3 Å². The van der Waals surface area contributed by atoms with Gasteiger partial charge in [-0.2, -0.15) is 5.10 Å². The van der Waals surface area contributed by atoms with Crippen molar-refractivity contribution < 1.29 is 14.3 Å². The molecule has 3 aliphatic rings. The molecule has 0 atom stereocenters. The van der Waals surface area contributed by atoms with Crippen LogP contribution in [0, 0.1) is 5.92 Å². The number of aromatic nitrogens is 2. The summed E-state index contributed by atoms with van der Waals surface area (Å²) >= 11 is 0. The second-order valence-corrected chi connectivity index (χ2v) is 9.07. The zero-order valence-corrected chi connectivity index (χ0v) is 17.6. The van der Waals surface area contributed by atoms with Crippen LogP contribution in [0.5, 0.6) is 0 Å². The Balaban J connectivity index is 1.38. The van der Waals surface area contributed by atoms with E-state index < -0.39 is 0 Å². The van der Waals surface area contributed by atoms with Crippen molar-refractivity contribution in [2.45, 2.75) is 69.9 Å². The van der Waals surface area contributed by atoms with Gasteiger partial charge < -0.3 is 14.5 Å². The molecule has 2 aliphatic heterocycles. The molecule has 4 rings (SSSR count). The fraction of sp³-hybridized carbons (Fsp3) is 0.773. The minimum Gasteiger partial charge on any atom is -0.372 e. The number of amides is 2. The van der Waals surface area contributed by atoms with Crippen molar-refractivity contribution in [1.29, 1.82) is 0 Å². The van der Waals surface area contributed by atoms with Crippen LogP contribution < -0.4 is 0 Å². The lowest BCUT2D eigenvalue weighted by molar-refractivity contribution is -0.144. The first-order chi connectivity index (χ1) is 14.0. The Morgan fingerprint density at radius 1 is 1.21 bits per heavy atom. The number of aryl methyl sites for hydroxylation is 1. The maximum atomic E-state index is 13.0. The Morgan fingerprint density at radius 3 is 2.59 bits per heavy atom. The first-order valence-corrected chi connectivity index (χ1v) is 11.2. The minimum atomic E-state index is -0.325. The maximum absolute atomic E-state index is 13.0. The van der Waals surface area contributed by atoms with Gasteiger partial charge in [-0.1, -0.05) is 25.7 Å². The summed E-state index contributed by atoms with van der Waals surface area (Å²) in [6.45, 7) is 3.13. The molecule has 2 saturated heterocycles. The molecule has 2 amide bonds. The van der Waals surface area contributed by atoms with Crippen LogP contribution in [0.4, 0.5) is 0 Å². The van der Waals surface area contributed by atoms with Gasteiger partial charge in [0.05, 0.1) is 31.4 Å². The van der Waals surface area contributed by atoms with Crippen LogP contribution in [0.25, 0.3) is 0 Å². The fourth-order valence-corrected chi connectivity index (χ4v) is 5.13. The predicted octanol–water partition coefficient (Wildman–Crippen LogP) is 2.50. The van der Waals surface area contributed by atoms with E-state index in [-0.39, 0.29) is 17.4 Å². The van der Waals surface area contributed by atoms with E-state index in [1.807, 2.05) is 24.3 Å². The molecule has 7 nitrogen and oxygen atoms in total. The van der Waals surface area contributed by atoms with Gasteiger partial charge in [0.25, 0.3) is 0 Å².